The number of methoxy groups -OCH3 is 1. The monoisotopic (exact) mass is 425 g/mol. The first-order chi connectivity index (χ1) is 14.6. The zero-order valence-electron chi connectivity index (χ0n) is 17.4. The van der Waals surface area contributed by atoms with E-state index in [0.717, 1.165) is 27.5 Å². The predicted octanol–water partition coefficient (Wildman–Crippen LogP) is 5.15. The predicted molar refractivity (Wildman–Crippen MR) is 117 cm³/mol. The van der Waals surface area contributed by atoms with Gasteiger partial charge in [0, 0.05) is 22.6 Å². The summed E-state index contributed by atoms with van der Waals surface area (Å²) >= 11 is 1.63. The molecule has 2 aliphatic rings. The molecule has 0 radical (unpaired) electrons. The van der Waals surface area contributed by atoms with E-state index in [-0.39, 0.29) is 12.1 Å². The maximum Gasteiger partial charge on any atom is 0.337 e. The molecule has 1 aromatic carbocycles. The van der Waals surface area contributed by atoms with Crippen molar-refractivity contribution in [3.8, 4) is 0 Å². The van der Waals surface area contributed by atoms with Crippen LogP contribution in [-0.2, 0) is 4.74 Å². The second-order valence-electron chi connectivity index (χ2n) is 7.81. The van der Waals surface area contributed by atoms with Crippen molar-refractivity contribution in [2.75, 3.05) is 7.11 Å². The number of aromatic nitrogens is 1. The average molecular weight is 426 g/mol. The molecule has 0 spiro atoms. The number of hydrogen-bond donors (Lipinski definition) is 2. The first kappa shape index (κ1) is 20.6. The Bertz CT molecular complexity index is 976. The summed E-state index contributed by atoms with van der Waals surface area (Å²) < 4.78 is 4.86. The van der Waals surface area contributed by atoms with Crippen LogP contribution in [0.25, 0.3) is 5.57 Å². The first-order valence-electron chi connectivity index (χ1n) is 10.5. The number of thiazole rings is 1. The van der Waals surface area contributed by atoms with Crippen LogP contribution in [0.15, 0.2) is 35.3 Å². The molecule has 158 valence electrons. The minimum absolute atomic E-state index is 0.242. The van der Waals surface area contributed by atoms with E-state index >= 15 is 0 Å². The summed E-state index contributed by atoms with van der Waals surface area (Å²) in [5, 5.41) is 9.08. The van der Waals surface area contributed by atoms with E-state index in [1.807, 2.05) is 19.1 Å². The van der Waals surface area contributed by atoms with E-state index in [9.17, 15) is 9.59 Å². The molecule has 2 aromatic rings. The van der Waals surface area contributed by atoms with Crippen molar-refractivity contribution in [1.82, 2.24) is 15.6 Å². The van der Waals surface area contributed by atoms with Crippen LogP contribution in [0.1, 0.15) is 84.0 Å². The number of hydrogen-bond acceptors (Lipinski definition) is 5. The van der Waals surface area contributed by atoms with E-state index < -0.39 is 5.97 Å². The normalized spacial score (nSPS) is 19.9. The smallest absolute Gasteiger partial charge is 0.337 e. The molecule has 1 unspecified atom stereocenters. The summed E-state index contributed by atoms with van der Waals surface area (Å²) in [6.45, 7) is 2.03. The highest BCUT2D eigenvalue weighted by atomic mass is 32.1. The molecule has 2 N–H and O–H groups in total. The fraction of sp³-hybridized carbons (Fsp3) is 0.435. The molecular weight excluding hydrogens is 398 g/mol. The maximum absolute atomic E-state index is 12.4. The van der Waals surface area contributed by atoms with Crippen molar-refractivity contribution >= 4 is 28.9 Å². The average Bonchev–Trinajstić information content (AvgIpc) is 3.28. The number of amides is 2. The Kier molecular flexibility index (Phi) is 6.18. The topological polar surface area (TPSA) is 80.3 Å². The molecule has 0 bridgehead atoms. The highest BCUT2D eigenvalue weighted by Gasteiger charge is 2.31. The van der Waals surface area contributed by atoms with E-state index in [2.05, 4.69) is 16.0 Å². The lowest BCUT2D eigenvalue weighted by molar-refractivity contribution is 0.0600. The van der Waals surface area contributed by atoms with Gasteiger partial charge in [-0.2, -0.15) is 0 Å². The number of nitrogens with zero attached hydrogens (tertiary/aromatic N) is 1. The first-order valence-corrected chi connectivity index (χ1v) is 11.4. The molecule has 1 aromatic heterocycles. The highest BCUT2D eigenvalue weighted by molar-refractivity contribution is 7.10. The Balaban J connectivity index is 1.74. The lowest BCUT2D eigenvalue weighted by Crippen LogP contribution is -2.43. The lowest BCUT2D eigenvalue weighted by atomic mass is 9.87. The van der Waals surface area contributed by atoms with Gasteiger partial charge in [-0.25, -0.2) is 14.6 Å². The van der Waals surface area contributed by atoms with Crippen LogP contribution >= 0.6 is 11.3 Å². The highest BCUT2D eigenvalue weighted by Crippen LogP contribution is 2.39. The van der Waals surface area contributed by atoms with Crippen LogP contribution in [0.2, 0.25) is 0 Å². The number of esters is 1. The molecule has 7 heteroatoms. The molecular formula is C23H27N3O3S. The summed E-state index contributed by atoms with van der Waals surface area (Å²) in [5.41, 5.74) is 4.31. The van der Waals surface area contributed by atoms with Crippen LogP contribution in [0, 0.1) is 0 Å². The molecule has 6 nitrogen and oxygen atoms in total. The van der Waals surface area contributed by atoms with Gasteiger partial charge in [0.2, 0.25) is 0 Å². The summed E-state index contributed by atoms with van der Waals surface area (Å²) in [5.74, 6) is 0.133. The Morgan fingerprint density at radius 1 is 1.27 bits per heavy atom. The van der Waals surface area contributed by atoms with Gasteiger partial charge < -0.3 is 15.4 Å². The molecule has 1 atom stereocenters. The van der Waals surface area contributed by atoms with Crippen LogP contribution < -0.4 is 10.6 Å². The number of nitrogens with one attached hydrogen (secondary N) is 2. The van der Waals surface area contributed by atoms with E-state index in [1.165, 1.54) is 39.2 Å². The van der Waals surface area contributed by atoms with Crippen LogP contribution in [-0.4, -0.2) is 24.1 Å². The minimum Gasteiger partial charge on any atom is -0.465 e. The Labute approximate surface area is 180 Å². The van der Waals surface area contributed by atoms with Crippen molar-refractivity contribution < 1.29 is 14.3 Å². The minimum atomic E-state index is -0.396. The van der Waals surface area contributed by atoms with Gasteiger partial charge >= 0.3 is 12.0 Å². The van der Waals surface area contributed by atoms with E-state index in [1.54, 1.807) is 23.5 Å². The second-order valence-corrected chi connectivity index (χ2v) is 8.66. The van der Waals surface area contributed by atoms with E-state index in [0.29, 0.717) is 17.9 Å². The van der Waals surface area contributed by atoms with Gasteiger partial charge in [0.1, 0.15) is 5.01 Å². The van der Waals surface area contributed by atoms with Crippen molar-refractivity contribution in [2.45, 2.75) is 57.4 Å². The van der Waals surface area contributed by atoms with Crippen LogP contribution in [0.4, 0.5) is 4.79 Å². The van der Waals surface area contributed by atoms with Crippen LogP contribution in [0.3, 0.4) is 0 Å². The maximum atomic E-state index is 12.4. The van der Waals surface area contributed by atoms with Crippen molar-refractivity contribution in [3.05, 3.63) is 57.2 Å². The number of ether oxygens (including phenoxy) is 1. The standard InChI is InChI=1S/C23H27N3O3S/c1-3-17-19(21-24-18(13-30-21)14-8-5-4-6-9-14)20(26-23(28)25-17)15-10-7-11-16(12-15)22(27)29-2/h7,10-14,20H,3-6,8-9H2,1-2H3,(H2,25,26,28). The van der Waals surface area contributed by atoms with Gasteiger partial charge in [-0.05, 0) is 37.0 Å². The summed E-state index contributed by atoms with van der Waals surface area (Å²) in [6.07, 6.45) is 6.92. The molecule has 1 aliphatic carbocycles. The Hall–Kier alpha value is -2.67. The molecule has 0 saturated heterocycles. The van der Waals surface area contributed by atoms with Gasteiger partial charge in [-0.1, -0.05) is 38.3 Å². The number of carbonyl (C=O) groups is 2. The quantitative estimate of drug-likeness (QED) is 0.649. The third-order valence-corrected chi connectivity index (χ3v) is 6.82. The fourth-order valence-electron chi connectivity index (χ4n) is 4.36. The molecule has 2 amide bonds. The third kappa shape index (κ3) is 4.12. The van der Waals surface area contributed by atoms with Crippen LogP contribution in [0.5, 0.6) is 0 Å². The molecule has 1 aliphatic heterocycles. The molecule has 30 heavy (non-hydrogen) atoms. The van der Waals surface area contributed by atoms with E-state index in [4.69, 9.17) is 9.72 Å². The summed E-state index contributed by atoms with van der Waals surface area (Å²) in [6, 6.07) is 6.62. The largest absolute Gasteiger partial charge is 0.465 e. The molecule has 1 fully saturated rings. The molecule has 1 saturated carbocycles. The lowest BCUT2D eigenvalue weighted by Gasteiger charge is -2.29. The van der Waals surface area contributed by atoms with Crippen molar-refractivity contribution in [3.63, 3.8) is 0 Å². The van der Waals surface area contributed by atoms with Gasteiger partial charge in [0.05, 0.1) is 24.4 Å². The summed E-state index contributed by atoms with van der Waals surface area (Å²) in [7, 11) is 1.37. The summed E-state index contributed by atoms with van der Waals surface area (Å²) in [4.78, 5) is 29.4. The number of rotatable bonds is 5. The van der Waals surface area contributed by atoms with Gasteiger partial charge in [0.15, 0.2) is 0 Å². The fourth-order valence-corrected chi connectivity index (χ4v) is 5.36. The molecule has 2 heterocycles. The van der Waals surface area contributed by atoms with Crippen molar-refractivity contribution in [1.29, 1.82) is 0 Å². The van der Waals surface area contributed by atoms with Gasteiger partial charge in [-0.3, -0.25) is 0 Å². The SMILES string of the molecule is CCC1=C(c2nc(C3CCCCC3)cs2)C(c2cccc(C(=O)OC)c2)NC(=O)N1. The molecule has 4 rings (SSSR count). The number of benzene rings is 1. The third-order valence-electron chi connectivity index (χ3n) is 5.92. The van der Waals surface area contributed by atoms with Crippen molar-refractivity contribution in [2.24, 2.45) is 0 Å². The number of carbonyl (C=O) groups excluding carboxylic acids is 2. The van der Waals surface area contributed by atoms with Gasteiger partial charge in [-0.15, -0.1) is 11.3 Å². The second kappa shape index (κ2) is 9.00. The van der Waals surface area contributed by atoms with Gasteiger partial charge in [0.25, 0.3) is 0 Å². The zero-order valence-corrected chi connectivity index (χ0v) is 18.2. The number of allylic oxidation sites excluding steroid dienone is 1. The number of urea groups is 1. The zero-order chi connectivity index (χ0) is 21.1. The Morgan fingerprint density at radius 3 is 2.80 bits per heavy atom. The Morgan fingerprint density at radius 2 is 2.07 bits per heavy atom.